The largest absolute Gasteiger partial charge is 0.369 e. The van der Waals surface area contributed by atoms with Crippen LogP contribution in [0.3, 0.4) is 0 Å². The molecule has 2 aliphatic heterocycles. The Morgan fingerprint density at radius 1 is 0.393 bits per heavy atom. The van der Waals surface area contributed by atoms with Gasteiger partial charge >= 0.3 is 0 Å². The van der Waals surface area contributed by atoms with Gasteiger partial charge in [-0.1, -0.05) is 97.1 Å². The van der Waals surface area contributed by atoms with Crippen LogP contribution in [-0.4, -0.2) is 0 Å². The number of rotatable bonds is 2. The molecule has 2 N–H and O–H groups in total. The predicted octanol–water partition coefficient (Wildman–Crippen LogP) is 5.73. The van der Waals surface area contributed by atoms with E-state index in [2.05, 4.69) is 120 Å². The Bertz CT molecular complexity index is 1070. The Balaban J connectivity index is 1.78. The average Bonchev–Trinajstić information content (AvgIpc) is 3.23. The van der Waals surface area contributed by atoms with Crippen molar-refractivity contribution >= 4 is 11.4 Å². The van der Waals surface area contributed by atoms with E-state index in [1.807, 2.05) is 0 Å². The lowest BCUT2D eigenvalue weighted by Gasteiger charge is -2.42. The van der Waals surface area contributed by atoms with E-state index < -0.39 is 11.1 Å². The second kappa shape index (κ2) is 5.49. The molecule has 4 aromatic carbocycles. The molecule has 0 bridgehead atoms. The van der Waals surface area contributed by atoms with Crippen LogP contribution in [0.2, 0.25) is 0 Å². The maximum atomic E-state index is 3.96. The van der Waals surface area contributed by atoms with E-state index in [1.54, 1.807) is 0 Å². The number of nitrogens with one attached hydrogen (secondary N) is 2. The average molecular weight is 360 g/mol. The molecule has 0 saturated carbocycles. The molecule has 2 atom stereocenters. The quantitative estimate of drug-likeness (QED) is 0.477. The Hall–Kier alpha value is -3.52. The monoisotopic (exact) mass is 360 g/mol. The Morgan fingerprint density at radius 2 is 0.750 bits per heavy atom. The zero-order chi connectivity index (χ0) is 18.6. The summed E-state index contributed by atoms with van der Waals surface area (Å²) in [6, 6.07) is 39.0. The SMILES string of the molecule is c1ccc([C@]23Nc4ccccc4[C@@]2(c2ccccc2)Nc2ccccc23)cc1. The second-order valence-electron chi connectivity index (χ2n) is 7.57. The van der Waals surface area contributed by atoms with Gasteiger partial charge in [-0.15, -0.1) is 0 Å². The molecule has 0 aromatic heterocycles. The molecule has 0 aliphatic carbocycles. The molecule has 2 aliphatic rings. The molecule has 0 unspecified atom stereocenters. The number of fused-ring (bicyclic) bond motifs is 5. The Morgan fingerprint density at radius 3 is 1.18 bits per heavy atom. The van der Waals surface area contributed by atoms with Gasteiger partial charge in [0.2, 0.25) is 0 Å². The number of para-hydroxylation sites is 2. The summed E-state index contributed by atoms with van der Waals surface area (Å²) < 4.78 is 0. The summed E-state index contributed by atoms with van der Waals surface area (Å²) in [6.07, 6.45) is 0. The van der Waals surface area contributed by atoms with Crippen molar-refractivity contribution in [3.8, 4) is 0 Å². The third-order valence-electron chi connectivity index (χ3n) is 6.28. The molecule has 28 heavy (non-hydrogen) atoms. The predicted molar refractivity (Wildman–Crippen MR) is 115 cm³/mol. The van der Waals surface area contributed by atoms with Gasteiger partial charge in [0.1, 0.15) is 11.1 Å². The van der Waals surface area contributed by atoms with Crippen LogP contribution in [-0.2, 0) is 11.1 Å². The van der Waals surface area contributed by atoms with Crippen molar-refractivity contribution in [2.75, 3.05) is 10.6 Å². The number of benzene rings is 4. The van der Waals surface area contributed by atoms with E-state index in [0.717, 1.165) is 0 Å². The van der Waals surface area contributed by atoms with Gasteiger partial charge in [0.15, 0.2) is 0 Å². The third-order valence-corrected chi connectivity index (χ3v) is 6.28. The highest BCUT2D eigenvalue weighted by atomic mass is 15.2. The van der Waals surface area contributed by atoms with Crippen molar-refractivity contribution in [1.82, 2.24) is 0 Å². The maximum absolute atomic E-state index is 3.96. The minimum absolute atomic E-state index is 0.421. The van der Waals surface area contributed by atoms with E-state index in [0.29, 0.717) is 0 Å². The van der Waals surface area contributed by atoms with Gasteiger partial charge in [-0.2, -0.15) is 0 Å². The van der Waals surface area contributed by atoms with E-state index in [-0.39, 0.29) is 0 Å². The van der Waals surface area contributed by atoms with Crippen LogP contribution < -0.4 is 10.6 Å². The van der Waals surface area contributed by atoms with Crippen molar-refractivity contribution in [2.24, 2.45) is 0 Å². The summed E-state index contributed by atoms with van der Waals surface area (Å²) in [7, 11) is 0. The topological polar surface area (TPSA) is 24.1 Å². The first kappa shape index (κ1) is 15.5. The number of hydrogen-bond acceptors (Lipinski definition) is 2. The van der Waals surface area contributed by atoms with E-state index in [9.17, 15) is 0 Å². The molecule has 0 fully saturated rings. The van der Waals surface area contributed by atoms with E-state index in [4.69, 9.17) is 0 Å². The zero-order valence-corrected chi connectivity index (χ0v) is 15.4. The molecule has 134 valence electrons. The standard InChI is InChI=1S/C26H20N2/c1-3-11-19(12-4-1)25-21-15-7-9-17-23(21)28-26(25,20-13-5-2-6-14-20)22-16-8-10-18-24(22)27-25/h1-18,27-28H/t25-,26-/m1/s1. The van der Waals surface area contributed by atoms with Crippen LogP contribution in [0.25, 0.3) is 0 Å². The van der Waals surface area contributed by atoms with Gasteiger partial charge in [0.05, 0.1) is 0 Å². The highest BCUT2D eigenvalue weighted by molar-refractivity contribution is 5.83. The molecule has 2 heteroatoms. The summed E-state index contributed by atoms with van der Waals surface area (Å²) >= 11 is 0. The van der Waals surface area contributed by atoms with Gasteiger partial charge in [0.25, 0.3) is 0 Å². The zero-order valence-electron chi connectivity index (χ0n) is 15.4. The van der Waals surface area contributed by atoms with E-state index in [1.165, 1.54) is 33.6 Å². The highest BCUT2D eigenvalue weighted by Gasteiger charge is 2.65. The van der Waals surface area contributed by atoms with Crippen LogP contribution in [0.15, 0.2) is 109 Å². The van der Waals surface area contributed by atoms with E-state index >= 15 is 0 Å². The molecule has 4 aromatic rings. The van der Waals surface area contributed by atoms with Crippen molar-refractivity contribution in [3.63, 3.8) is 0 Å². The molecule has 0 spiro atoms. The van der Waals surface area contributed by atoms with Crippen LogP contribution in [0.4, 0.5) is 11.4 Å². The first-order chi connectivity index (χ1) is 13.9. The van der Waals surface area contributed by atoms with Gasteiger partial charge in [-0.05, 0) is 23.3 Å². The number of anilines is 2. The van der Waals surface area contributed by atoms with Crippen LogP contribution >= 0.6 is 0 Å². The summed E-state index contributed by atoms with van der Waals surface area (Å²) in [6.45, 7) is 0. The van der Waals surface area contributed by atoms with Gasteiger partial charge in [-0.3, -0.25) is 0 Å². The fraction of sp³-hybridized carbons (Fsp3) is 0.0769. The Kier molecular flexibility index (Phi) is 3.05. The molecule has 2 heterocycles. The van der Waals surface area contributed by atoms with Gasteiger partial charge in [-0.25, -0.2) is 0 Å². The highest BCUT2D eigenvalue weighted by Crippen LogP contribution is 2.64. The van der Waals surface area contributed by atoms with Gasteiger partial charge in [0, 0.05) is 22.5 Å². The summed E-state index contributed by atoms with van der Waals surface area (Å²) in [5.41, 5.74) is 6.59. The molecule has 0 amide bonds. The summed E-state index contributed by atoms with van der Waals surface area (Å²) in [5.74, 6) is 0. The molecular formula is C26H20N2. The molecular weight excluding hydrogens is 340 g/mol. The van der Waals surface area contributed by atoms with Crippen molar-refractivity contribution in [3.05, 3.63) is 131 Å². The smallest absolute Gasteiger partial charge is 0.122 e. The molecule has 0 saturated heterocycles. The number of hydrogen-bond donors (Lipinski definition) is 2. The second-order valence-corrected chi connectivity index (χ2v) is 7.57. The van der Waals surface area contributed by atoms with Crippen LogP contribution in [0, 0.1) is 0 Å². The maximum Gasteiger partial charge on any atom is 0.122 e. The molecule has 2 nitrogen and oxygen atoms in total. The van der Waals surface area contributed by atoms with Crippen molar-refractivity contribution in [2.45, 2.75) is 11.1 Å². The van der Waals surface area contributed by atoms with Crippen molar-refractivity contribution in [1.29, 1.82) is 0 Å². The molecule has 0 radical (unpaired) electrons. The third kappa shape index (κ3) is 1.73. The van der Waals surface area contributed by atoms with Gasteiger partial charge < -0.3 is 10.6 Å². The lowest BCUT2D eigenvalue weighted by atomic mass is 9.66. The fourth-order valence-corrected chi connectivity index (χ4v) is 5.23. The minimum Gasteiger partial charge on any atom is -0.369 e. The van der Waals surface area contributed by atoms with Crippen LogP contribution in [0.1, 0.15) is 22.3 Å². The fourth-order valence-electron chi connectivity index (χ4n) is 5.23. The lowest BCUT2D eigenvalue weighted by Crippen LogP contribution is -2.51. The molecule has 6 rings (SSSR count). The first-order valence-electron chi connectivity index (χ1n) is 9.73. The summed E-state index contributed by atoms with van der Waals surface area (Å²) in [4.78, 5) is 0. The minimum atomic E-state index is -0.421. The van der Waals surface area contributed by atoms with Crippen LogP contribution in [0.5, 0.6) is 0 Å². The Labute approximate surface area is 164 Å². The lowest BCUT2D eigenvalue weighted by molar-refractivity contribution is 0.439. The first-order valence-corrected chi connectivity index (χ1v) is 9.73. The normalized spacial score (nSPS) is 23.9. The van der Waals surface area contributed by atoms with Crippen molar-refractivity contribution < 1.29 is 0 Å². The summed E-state index contributed by atoms with van der Waals surface area (Å²) in [5, 5.41) is 7.92.